The molecule has 0 spiro atoms. The van der Waals surface area contributed by atoms with Crippen molar-refractivity contribution in [2.45, 2.75) is 26.8 Å². The molecular formula is C21H24N4S. The smallest absolute Gasteiger partial charge is 0.170 e. The number of nitrogens with one attached hydrogen (secondary N) is 2. The Morgan fingerprint density at radius 1 is 1.00 bits per heavy atom. The molecule has 0 aliphatic rings. The molecule has 26 heavy (non-hydrogen) atoms. The normalized spacial score (nSPS) is 10.5. The van der Waals surface area contributed by atoms with Crippen LogP contribution in [0.2, 0.25) is 0 Å². The Balaban J connectivity index is 1.53. The number of nitrogens with zero attached hydrogens (tertiary/aromatic N) is 2. The highest BCUT2D eigenvalue weighted by atomic mass is 32.1. The van der Waals surface area contributed by atoms with E-state index in [2.05, 4.69) is 65.1 Å². The van der Waals surface area contributed by atoms with Gasteiger partial charge in [-0.25, -0.2) is 0 Å². The summed E-state index contributed by atoms with van der Waals surface area (Å²) >= 11 is 5.41. The summed E-state index contributed by atoms with van der Waals surface area (Å²) in [5, 5.41) is 11.7. The fraction of sp³-hybridized carbons (Fsp3) is 0.238. The van der Waals surface area contributed by atoms with Gasteiger partial charge in [-0.1, -0.05) is 42.5 Å². The lowest BCUT2D eigenvalue weighted by Gasteiger charge is -2.12. The van der Waals surface area contributed by atoms with E-state index in [1.807, 2.05) is 29.8 Å². The van der Waals surface area contributed by atoms with Crippen LogP contribution in [-0.2, 0) is 13.0 Å². The summed E-state index contributed by atoms with van der Waals surface area (Å²) in [6.07, 6.45) is 0.945. The van der Waals surface area contributed by atoms with Crippen molar-refractivity contribution in [2.24, 2.45) is 0 Å². The van der Waals surface area contributed by atoms with Gasteiger partial charge in [-0.3, -0.25) is 4.68 Å². The van der Waals surface area contributed by atoms with Crippen molar-refractivity contribution < 1.29 is 0 Å². The van der Waals surface area contributed by atoms with Gasteiger partial charge in [0.1, 0.15) is 0 Å². The number of aromatic nitrogens is 2. The molecule has 0 aliphatic carbocycles. The summed E-state index contributed by atoms with van der Waals surface area (Å²) in [6.45, 7) is 5.65. The van der Waals surface area contributed by atoms with Crippen LogP contribution in [-0.4, -0.2) is 21.4 Å². The summed E-state index contributed by atoms with van der Waals surface area (Å²) in [6, 6.07) is 20.8. The van der Waals surface area contributed by atoms with E-state index in [0.717, 1.165) is 30.9 Å². The van der Waals surface area contributed by atoms with Gasteiger partial charge in [-0.2, -0.15) is 5.10 Å². The topological polar surface area (TPSA) is 41.9 Å². The Bertz CT molecular complexity index is 871. The Kier molecular flexibility index (Phi) is 6.02. The molecule has 0 bridgehead atoms. The van der Waals surface area contributed by atoms with E-state index < -0.39 is 0 Å². The molecule has 134 valence electrons. The molecule has 5 heteroatoms. The molecule has 0 radical (unpaired) electrons. The third-order valence-corrected chi connectivity index (χ3v) is 4.41. The number of rotatable bonds is 6. The van der Waals surface area contributed by atoms with Gasteiger partial charge in [-0.15, -0.1) is 0 Å². The van der Waals surface area contributed by atoms with Crippen molar-refractivity contribution in [3.63, 3.8) is 0 Å². The van der Waals surface area contributed by atoms with Crippen molar-refractivity contribution in [1.29, 1.82) is 0 Å². The van der Waals surface area contributed by atoms with Crippen molar-refractivity contribution >= 4 is 23.0 Å². The van der Waals surface area contributed by atoms with E-state index in [1.165, 1.54) is 16.8 Å². The zero-order chi connectivity index (χ0) is 18.4. The fourth-order valence-electron chi connectivity index (χ4n) is 2.90. The number of aryl methyl sites for hydroxylation is 2. The monoisotopic (exact) mass is 364 g/mol. The summed E-state index contributed by atoms with van der Waals surface area (Å²) in [5.74, 6) is 0. The molecule has 0 atom stereocenters. The number of benzene rings is 2. The lowest BCUT2D eigenvalue weighted by molar-refractivity contribution is 0.659. The SMILES string of the molecule is Cc1cc(C)n(Cc2cccc(NC(=S)NCCc3ccccc3)c2)n1. The second kappa shape index (κ2) is 8.63. The van der Waals surface area contributed by atoms with Gasteiger partial charge in [-0.05, 0) is 61.8 Å². The van der Waals surface area contributed by atoms with E-state index in [4.69, 9.17) is 12.2 Å². The zero-order valence-corrected chi connectivity index (χ0v) is 16.0. The Morgan fingerprint density at radius 2 is 1.77 bits per heavy atom. The van der Waals surface area contributed by atoms with Gasteiger partial charge in [0.2, 0.25) is 0 Å². The predicted octanol–water partition coefficient (Wildman–Crippen LogP) is 4.08. The van der Waals surface area contributed by atoms with E-state index >= 15 is 0 Å². The molecule has 4 nitrogen and oxygen atoms in total. The maximum absolute atomic E-state index is 5.41. The van der Waals surface area contributed by atoms with E-state index in [0.29, 0.717) is 5.11 Å². The first-order valence-electron chi connectivity index (χ1n) is 8.79. The second-order valence-corrected chi connectivity index (χ2v) is 6.81. The highest BCUT2D eigenvalue weighted by Gasteiger charge is 2.04. The van der Waals surface area contributed by atoms with Crippen molar-refractivity contribution in [1.82, 2.24) is 15.1 Å². The minimum atomic E-state index is 0.643. The summed E-state index contributed by atoms with van der Waals surface area (Å²) in [4.78, 5) is 0. The molecule has 1 heterocycles. The van der Waals surface area contributed by atoms with Crippen LogP contribution in [0, 0.1) is 13.8 Å². The van der Waals surface area contributed by atoms with Crippen LogP contribution >= 0.6 is 12.2 Å². The number of thiocarbonyl (C=S) groups is 1. The van der Waals surface area contributed by atoms with E-state index in [-0.39, 0.29) is 0 Å². The molecule has 3 aromatic rings. The molecule has 0 saturated heterocycles. The van der Waals surface area contributed by atoms with Gasteiger partial charge >= 0.3 is 0 Å². The first kappa shape index (κ1) is 18.1. The standard InChI is InChI=1S/C21H24N4S/c1-16-13-17(2)25(24-16)15-19-9-6-10-20(14-19)23-21(26)22-12-11-18-7-4-3-5-8-18/h3-10,13-14H,11-12,15H2,1-2H3,(H2,22,23,26). The number of hydrogen-bond acceptors (Lipinski definition) is 2. The summed E-state index contributed by atoms with van der Waals surface area (Å²) in [7, 11) is 0. The van der Waals surface area contributed by atoms with Crippen molar-refractivity contribution in [3.05, 3.63) is 83.2 Å². The largest absolute Gasteiger partial charge is 0.362 e. The lowest BCUT2D eigenvalue weighted by Crippen LogP contribution is -2.30. The first-order valence-corrected chi connectivity index (χ1v) is 9.20. The van der Waals surface area contributed by atoms with Crippen molar-refractivity contribution in [2.75, 3.05) is 11.9 Å². The van der Waals surface area contributed by atoms with Gasteiger partial charge < -0.3 is 10.6 Å². The average Bonchev–Trinajstić information content (AvgIpc) is 2.93. The first-order chi connectivity index (χ1) is 12.6. The molecular weight excluding hydrogens is 340 g/mol. The molecule has 0 unspecified atom stereocenters. The molecule has 0 aliphatic heterocycles. The average molecular weight is 365 g/mol. The molecule has 3 rings (SSSR count). The van der Waals surface area contributed by atoms with Crippen LogP contribution in [0.3, 0.4) is 0 Å². The molecule has 2 N–H and O–H groups in total. The number of anilines is 1. The minimum Gasteiger partial charge on any atom is -0.362 e. The van der Waals surface area contributed by atoms with Gasteiger partial charge in [0.25, 0.3) is 0 Å². The Labute approximate surface area is 160 Å². The second-order valence-electron chi connectivity index (χ2n) is 6.40. The van der Waals surface area contributed by atoms with Crippen LogP contribution in [0.25, 0.3) is 0 Å². The molecule has 0 fully saturated rings. The molecule has 0 saturated carbocycles. The molecule has 0 amide bonds. The highest BCUT2D eigenvalue weighted by molar-refractivity contribution is 7.80. The van der Waals surface area contributed by atoms with Crippen LogP contribution in [0.15, 0.2) is 60.7 Å². The van der Waals surface area contributed by atoms with Gasteiger partial charge in [0, 0.05) is 17.9 Å². The fourth-order valence-corrected chi connectivity index (χ4v) is 3.12. The molecule has 1 aromatic heterocycles. The zero-order valence-electron chi connectivity index (χ0n) is 15.2. The summed E-state index contributed by atoms with van der Waals surface area (Å²) < 4.78 is 2.02. The predicted molar refractivity (Wildman–Crippen MR) is 112 cm³/mol. The Morgan fingerprint density at radius 3 is 2.50 bits per heavy atom. The maximum atomic E-state index is 5.41. The Hall–Kier alpha value is -2.66. The van der Waals surface area contributed by atoms with Crippen LogP contribution in [0.5, 0.6) is 0 Å². The van der Waals surface area contributed by atoms with E-state index in [9.17, 15) is 0 Å². The van der Waals surface area contributed by atoms with Crippen LogP contribution < -0.4 is 10.6 Å². The maximum Gasteiger partial charge on any atom is 0.170 e. The highest BCUT2D eigenvalue weighted by Crippen LogP contribution is 2.13. The quantitative estimate of drug-likeness (QED) is 0.647. The third kappa shape index (κ3) is 5.17. The van der Waals surface area contributed by atoms with Crippen LogP contribution in [0.1, 0.15) is 22.5 Å². The minimum absolute atomic E-state index is 0.643. The number of hydrogen-bond donors (Lipinski definition) is 2. The van der Waals surface area contributed by atoms with Gasteiger partial charge in [0.15, 0.2) is 5.11 Å². The van der Waals surface area contributed by atoms with Gasteiger partial charge in [0.05, 0.1) is 12.2 Å². The lowest BCUT2D eigenvalue weighted by atomic mass is 10.1. The summed E-state index contributed by atoms with van der Waals surface area (Å²) in [5.41, 5.74) is 5.68. The van der Waals surface area contributed by atoms with E-state index in [1.54, 1.807) is 0 Å². The third-order valence-electron chi connectivity index (χ3n) is 4.16. The van der Waals surface area contributed by atoms with Crippen molar-refractivity contribution in [3.8, 4) is 0 Å². The molecule has 2 aromatic carbocycles. The van der Waals surface area contributed by atoms with Crippen LogP contribution in [0.4, 0.5) is 5.69 Å².